The Hall–Kier alpha value is -1.16. The fourth-order valence-corrected chi connectivity index (χ4v) is 1.78. The van der Waals surface area contributed by atoms with E-state index >= 15 is 0 Å². The highest BCUT2D eigenvalue weighted by Gasteiger charge is 2.09. The molecule has 0 aliphatic carbocycles. The summed E-state index contributed by atoms with van der Waals surface area (Å²) in [5.41, 5.74) is 0.778. The largest absolute Gasteiger partial charge is 0.477 e. The zero-order valence-corrected chi connectivity index (χ0v) is 11.5. The summed E-state index contributed by atoms with van der Waals surface area (Å²) in [5.74, 6) is 0.714. The van der Waals surface area contributed by atoms with Crippen molar-refractivity contribution in [2.24, 2.45) is 5.92 Å². The maximum Gasteiger partial charge on any atom is 0.218 e. The van der Waals surface area contributed by atoms with Crippen molar-refractivity contribution in [1.82, 2.24) is 10.3 Å². The second-order valence-corrected chi connectivity index (χ2v) is 4.60. The number of hydrogen-bond acceptors (Lipinski definition) is 3. The lowest BCUT2D eigenvalue weighted by Gasteiger charge is -2.14. The molecule has 0 radical (unpaired) electrons. The van der Waals surface area contributed by atoms with Crippen LogP contribution < -0.4 is 10.1 Å². The summed E-state index contributed by atoms with van der Waals surface area (Å²) in [6, 6.07) is 1.48. The summed E-state index contributed by atoms with van der Waals surface area (Å²) >= 11 is 0. The number of ether oxygens (including phenoxy) is 1. The topological polar surface area (TPSA) is 34.1 Å². The van der Waals surface area contributed by atoms with E-state index in [9.17, 15) is 4.39 Å². The van der Waals surface area contributed by atoms with E-state index in [0.717, 1.165) is 24.9 Å². The molecule has 0 saturated carbocycles. The second kappa shape index (κ2) is 8.03. The van der Waals surface area contributed by atoms with Gasteiger partial charge in [-0.3, -0.25) is 0 Å². The molecule has 1 atom stereocenters. The lowest BCUT2D eigenvalue weighted by molar-refractivity contribution is 0.240. The van der Waals surface area contributed by atoms with Crippen molar-refractivity contribution in [3.8, 4) is 5.88 Å². The van der Waals surface area contributed by atoms with E-state index < -0.39 is 0 Å². The molecule has 102 valence electrons. The van der Waals surface area contributed by atoms with Crippen LogP contribution in [0.5, 0.6) is 5.88 Å². The van der Waals surface area contributed by atoms with Crippen LogP contribution >= 0.6 is 0 Å². The fraction of sp³-hybridized carbons (Fsp3) is 0.643. The monoisotopic (exact) mass is 254 g/mol. The van der Waals surface area contributed by atoms with Crippen LogP contribution in [0.3, 0.4) is 0 Å². The van der Waals surface area contributed by atoms with Gasteiger partial charge in [0, 0.05) is 12.1 Å². The Morgan fingerprint density at radius 2 is 2.22 bits per heavy atom. The minimum Gasteiger partial charge on any atom is -0.477 e. The number of pyridine rings is 1. The van der Waals surface area contributed by atoms with Gasteiger partial charge >= 0.3 is 0 Å². The molecule has 0 amide bonds. The summed E-state index contributed by atoms with van der Waals surface area (Å²) in [6.45, 7) is 8.36. The summed E-state index contributed by atoms with van der Waals surface area (Å²) in [4.78, 5) is 4.03. The van der Waals surface area contributed by atoms with Gasteiger partial charge in [-0.2, -0.15) is 0 Å². The first-order valence-corrected chi connectivity index (χ1v) is 6.65. The first kappa shape index (κ1) is 14.9. The minimum absolute atomic E-state index is 0.322. The summed E-state index contributed by atoms with van der Waals surface area (Å²) in [7, 11) is 0. The van der Waals surface area contributed by atoms with E-state index in [0.29, 0.717) is 24.9 Å². The molecule has 3 nitrogen and oxygen atoms in total. The number of rotatable bonds is 8. The van der Waals surface area contributed by atoms with Gasteiger partial charge in [-0.15, -0.1) is 0 Å². The Labute approximate surface area is 109 Å². The molecular formula is C14H23FN2O. The zero-order valence-electron chi connectivity index (χ0n) is 11.5. The van der Waals surface area contributed by atoms with Crippen molar-refractivity contribution in [2.75, 3.05) is 13.2 Å². The maximum atomic E-state index is 13.1. The molecule has 0 aliphatic rings. The third kappa shape index (κ3) is 5.00. The first-order valence-electron chi connectivity index (χ1n) is 6.65. The van der Waals surface area contributed by atoms with E-state index in [1.165, 1.54) is 12.3 Å². The zero-order chi connectivity index (χ0) is 13.4. The highest BCUT2D eigenvalue weighted by atomic mass is 19.1. The lowest BCUT2D eigenvalue weighted by Crippen LogP contribution is -2.15. The second-order valence-electron chi connectivity index (χ2n) is 4.60. The molecule has 1 heterocycles. The Morgan fingerprint density at radius 3 is 2.89 bits per heavy atom. The van der Waals surface area contributed by atoms with Crippen LogP contribution in [0.4, 0.5) is 4.39 Å². The SMILES string of the molecule is CCCC(C)COc1ncc(F)cc1CNCC. The lowest BCUT2D eigenvalue weighted by atomic mass is 10.1. The van der Waals surface area contributed by atoms with Crippen molar-refractivity contribution in [3.05, 3.63) is 23.6 Å². The quantitative estimate of drug-likeness (QED) is 0.774. The molecule has 18 heavy (non-hydrogen) atoms. The summed E-state index contributed by atoms with van der Waals surface area (Å²) in [5, 5.41) is 3.16. The Balaban J connectivity index is 2.62. The molecule has 1 N–H and O–H groups in total. The molecule has 0 saturated heterocycles. The van der Waals surface area contributed by atoms with Gasteiger partial charge in [-0.1, -0.05) is 27.2 Å². The molecule has 0 aromatic carbocycles. The maximum absolute atomic E-state index is 13.1. The number of nitrogens with one attached hydrogen (secondary N) is 1. The third-order valence-electron chi connectivity index (χ3n) is 2.74. The fourth-order valence-electron chi connectivity index (χ4n) is 1.78. The smallest absolute Gasteiger partial charge is 0.218 e. The van der Waals surface area contributed by atoms with Gasteiger partial charge < -0.3 is 10.1 Å². The molecule has 0 fully saturated rings. The van der Waals surface area contributed by atoms with E-state index in [1.807, 2.05) is 6.92 Å². The summed E-state index contributed by atoms with van der Waals surface area (Å²) in [6.07, 6.45) is 3.48. The molecule has 0 aliphatic heterocycles. The van der Waals surface area contributed by atoms with Crippen molar-refractivity contribution in [1.29, 1.82) is 0 Å². The number of hydrogen-bond donors (Lipinski definition) is 1. The van der Waals surface area contributed by atoms with Crippen LogP contribution in [0.1, 0.15) is 39.2 Å². The average molecular weight is 254 g/mol. The highest BCUT2D eigenvalue weighted by molar-refractivity contribution is 5.26. The highest BCUT2D eigenvalue weighted by Crippen LogP contribution is 2.17. The third-order valence-corrected chi connectivity index (χ3v) is 2.74. The van der Waals surface area contributed by atoms with Crippen LogP contribution in [0.15, 0.2) is 12.3 Å². The van der Waals surface area contributed by atoms with Gasteiger partial charge in [0.1, 0.15) is 5.82 Å². The van der Waals surface area contributed by atoms with Gasteiger partial charge in [-0.25, -0.2) is 9.37 Å². The van der Waals surface area contributed by atoms with Gasteiger partial charge in [-0.05, 0) is 24.9 Å². The van der Waals surface area contributed by atoms with E-state index in [1.54, 1.807) is 0 Å². The summed E-state index contributed by atoms with van der Waals surface area (Å²) < 4.78 is 18.8. The van der Waals surface area contributed by atoms with Gasteiger partial charge in [0.2, 0.25) is 5.88 Å². The van der Waals surface area contributed by atoms with Gasteiger partial charge in [0.15, 0.2) is 0 Å². The molecule has 1 aromatic rings. The molecule has 0 bridgehead atoms. The number of aromatic nitrogens is 1. The number of nitrogens with zero attached hydrogens (tertiary/aromatic N) is 1. The molecule has 1 unspecified atom stereocenters. The van der Waals surface area contributed by atoms with Crippen molar-refractivity contribution in [3.63, 3.8) is 0 Å². The average Bonchev–Trinajstić information content (AvgIpc) is 2.35. The van der Waals surface area contributed by atoms with Crippen LogP contribution in [0.2, 0.25) is 0 Å². The van der Waals surface area contributed by atoms with Gasteiger partial charge in [0.25, 0.3) is 0 Å². The molecule has 1 aromatic heterocycles. The number of halogens is 1. The van der Waals surface area contributed by atoms with Crippen LogP contribution in [-0.4, -0.2) is 18.1 Å². The molecular weight excluding hydrogens is 231 g/mol. The van der Waals surface area contributed by atoms with E-state index in [2.05, 4.69) is 24.1 Å². The van der Waals surface area contributed by atoms with E-state index in [4.69, 9.17) is 4.74 Å². The molecule has 1 rings (SSSR count). The Bertz CT molecular complexity index is 358. The first-order chi connectivity index (χ1) is 8.67. The van der Waals surface area contributed by atoms with Gasteiger partial charge in [0.05, 0.1) is 12.8 Å². The molecule has 4 heteroatoms. The van der Waals surface area contributed by atoms with Crippen LogP contribution in [0, 0.1) is 11.7 Å². The van der Waals surface area contributed by atoms with Crippen LogP contribution in [-0.2, 0) is 6.54 Å². The predicted molar refractivity (Wildman–Crippen MR) is 71.1 cm³/mol. The predicted octanol–water partition coefficient (Wildman–Crippen LogP) is 3.15. The van der Waals surface area contributed by atoms with E-state index in [-0.39, 0.29) is 5.82 Å². The van der Waals surface area contributed by atoms with Crippen molar-refractivity contribution < 1.29 is 9.13 Å². The minimum atomic E-state index is -0.322. The molecule has 0 spiro atoms. The Morgan fingerprint density at radius 1 is 1.44 bits per heavy atom. The van der Waals surface area contributed by atoms with Crippen LogP contribution in [0.25, 0.3) is 0 Å². The van der Waals surface area contributed by atoms with Crippen molar-refractivity contribution in [2.45, 2.75) is 40.2 Å². The standard InChI is InChI=1S/C14H23FN2O/c1-4-6-11(3)10-18-14-12(8-16-5-2)7-13(15)9-17-14/h7,9,11,16H,4-6,8,10H2,1-3H3. The normalized spacial score (nSPS) is 12.4. The Kier molecular flexibility index (Phi) is 6.65. The van der Waals surface area contributed by atoms with Crippen molar-refractivity contribution >= 4 is 0 Å².